The Morgan fingerprint density at radius 2 is 1.83 bits per heavy atom. The molecule has 0 radical (unpaired) electrons. The summed E-state index contributed by atoms with van der Waals surface area (Å²) >= 11 is 7.26. The molecule has 1 amide bonds. The third-order valence-corrected chi connectivity index (χ3v) is 8.86. The number of anilines is 1. The van der Waals surface area contributed by atoms with Gasteiger partial charge in [-0.3, -0.25) is 9.48 Å². The molecule has 1 aliphatic rings. The van der Waals surface area contributed by atoms with Gasteiger partial charge in [0, 0.05) is 36.3 Å². The van der Waals surface area contributed by atoms with Crippen LogP contribution >= 0.6 is 11.6 Å². The topological polar surface area (TPSA) is 92.4 Å². The number of nitrogens with one attached hydrogen (secondary N) is 1. The van der Waals surface area contributed by atoms with Crippen LogP contribution in [0.2, 0.25) is 5.02 Å². The van der Waals surface area contributed by atoms with Crippen molar-refractivity contribution >= 4 is 34.1 Å². The maximum atomic E-state index is 13.8. The minimum Gasteiger partial charge on any atom is -0.497 e. The predicted octanol–water partition coefficient (Wildman–Crippen LogP) is 7.35. The van der Waals surface area contributed by atoms with Crippen LogP contribution in [0, 0.1) is 17.1 Å². The second-order valence-corrected chi connectivity index (χ2v) is 11.7. The number of amides is 1. The fourth-order valence-electron chi connectivity index (χ4n) is 6.09. The summed E-state index contributed by atoms with van der Waals surface area (Å²) in [6.07, 6.45) is 4.08. The van der Waals surface area contributed by atoms with Crippen LogP contribution in [-0.4, -0.2) is 42.5 Å². The molecule has 1 aliphatic heterocycles. The number of hydrogen-bond donors (Lipinski definition) is 1. The maximum Gasteiger partial charge on any atom is 0.255 e. The fourth-order valence-corrected chi connectivity index (χ4v) is 6.51. The van der Waals surface area contributed by atoms with Crippen LogP contribution in [0.3, 0.4) is 0 Å². The van der Waals surface area contributed by atoms with Gasteiger partial charge in [-0.05, 0) is 66.8 Å². The van der Waals surface area contributed by atoms with Crippen molar-refractivity contribution in [2.75, 3.05) is 25.7 Å². The summed E-state index contributed by atoms with van der Waals surface area (Å²) in [5.74, 6) is 0.0990. The van der Waals surface area contributed by atoms with Crippen molar-refractivity contribution in [2.24, 2.45) is 0 Å². The third kappa shape index (κ3) is 5.96. The highest BCUT2D eigenvalue weighted by molar-refractivity contribution is 6.38. The van der Waals surface area contributed by atoms with Gasteiger partial charge in [0.25, 0.3) is 5.91 Å². The van der Waals surface area contributed by atoms with Gasteiger partial charge < -0.3 is 19.7 Å². The Hall–Kier alpha value is -5.07. The third-order valence-electron chi connectivity index (χ3n) is 8.49. The van der Waals surface area contributed by atoms with Gasteiger partial charge in [0.2, 0.25) is 0 Å². The second-order valence-electron chi connectivity index (χ2n) is 11.4. The Bertz CT molecular complexity index is 1950. The molecule has 1 atom stereocenters. The Balaban J connectivity index is 1.35. The first-order valence-electron chi connectivity index (χ1n) is 15.0. The molecule has 0 spiro atoms. The fraction of sp³-hybridized carbons (Fsp3) is 0.250. The molecule has 1 fully saturated rings. The summed E-state index contributed by atoms with van der Waals surface area (Å²) < 4.78 is 26.2. The number of benzene rings is 4. The number of nitriles is 1. The van der Waals surface area contributed by atoms with Crippen molar-refractivity contribution in [3.8, 4) is 28.7 Å². The highest BCUT2D eigenvalue weighted by Crippen LogP contribution is 2.46. The zero-order chi connectivity index (χ0) is 32.4. The zero-order valence-electron chi connectivity index (χ0n) is 25.8. The average Bonchev–Trinajstić information content (AvgIpc) is 3.69. The summed E-state index contributed by atoms with van der Waals surface area (Å²) in [4.78, 5) is 15.1. The summed E-state index contributed by atoms with van der Waals surface area (Å²) in [5.41, 5.74) is 5.27. The largest absolute Gasteiger partial charge is 0.497 e. The maximum absolute atomic E-state index is 13.8. The number of rotatable bonds is 9. The molecule has 1 unspecified atom stereocenters. The quantitative estimate of drug-likeness (QED) is 0.182. The number of ether oxygens (including phenoxy) is 2. The van der Waals surface area contributed by atoms with E-state index in [4.69, 9.17) is 26.2 Å². The number of halogens is 2. The van der Waals surface area contributed by atoms with Crippen molar-refractivity contribution in [2.45, 2.75) is 38.9 Å². The number of fused-ring (bicyclic) bond motifs is 1. The number of carbonyl (C=O) groups is 1. The van der Waals surface area contributed by atoms with Crippen molar-refractivity contribution in [1.82, 2.24) is 15.1 Å². The summed E-state index contributed by atoms with van der Waals surface area (Å²) in [7, 11) is 3.07. The van der Waals surface area contributed by atoms with Crippen LogP contribution in [0.1, 0.15) is 46.8 Å². The SMILES string of the molecule is COc1ccc(Cn2cc3c(N4CCCC4C)c(Cl)c(-c4ccc(CNC(=O)c5cc(F)ccc5OC)cc4)c(C#N)c3n2)cc1. The van der Waals surface area contributed by atoms with Crippen LogP contribution in [0.4, 0.5) is 10.1 Å². The van der Waals surface area contributed by atoms with Crippen molar-refractivity contribution in [3.63, 3.8) is 0 Å². The molecule has 5 aromatic rings. The molecule has 234 valence electrons. The van der Waals surface area contributed by atoms with Crippen molar-refractivity contribution in [1.29, 1.82) is 5.26 Å². The lowest BCUT2D eigenvalue weighted by atomic mass is 9.95. The van der Waals surface area contributed by atoms with E-state index < -0.39 is 11.7 Å². The second kappa shape index (κ2) is 13.1. The number of aromatic nitrogens is 2. The van der Waals surface area contributed by atoms with Crippen LogP contribution in [0.15, 0.2) is 72.9 Å². The Morgan fingerprint density at radius 1 is 1.09 bits per heavy atom. The Kier molecular flexibility index (Phi) is 8.82. The molecule has 0 aliphatic carbocycles. The first kappa shape index (κ1) is 30.9. The van der Waals surface area contributed by atoms with E-state index in [0.29, 0.717) is 28.2 Å². The van der Waals surface area contributed by atoms with Crippen molar-refractivity contribution in [3.05, 3.63) is 106 Å². The van der Waals surface area contributed by atoms with E-state index >= 15 is 0 Å². The first-order valence-corrected chi connectivity index (χ1v) is 15.4. The number of hydrogen-bond acceptors (Lipinski definition) is 6. The average molecular weight is 638 g/mol. The lowest BCUT2D eigenvalue weighted by molar-refractivity contribution is 0.0947. The van der Waals surface area contributed by atoms with E-state index in [-0.39, 0.29) is 23.9 Å². The normalized spacial score (nSPS) is 14.3. The van der Waals surface area contributed by atoms with Crippen LogP contribution in [-0.2, 0) is 13.1 Å². The molecule has 1 saturated heterocycles. The van der Waals surface area contributed by atoms with Gasteiger partial charge in [0.15, 0.2) is 0 Å². The zero-order valence-corrected chi connectivity index (χ0v) is 26.6. The van der Waals surface area contributed by atoms with Crippen LogP contribution in [0.25, 0.3) is 22.0 Å². The van der Waals surface area contributed by atoms with Gasteiger partial charge in [0.05, 0.1) is 42.6 Å². The highest BCUT2D eigenvalue weighted by Gasteiger charge is 2.30. The van der Waals surface area contributed by atoms with Crippen molar-refractivity contribution < 1.29 is 18.7 Å². The van der Waals surface area contributed by atoms with E-state index in [1.54, 1.807) is 7.11 Å². The molecule has 8 nitrogen and oxygen atoms in total. The molecule has 1 aromatic heterocycles. The number of carbonyl (C=O) groups excluding carboxylic acids is 1. The first-order chi connectivity index (χ1) is 22.3. The van der Waals surface area contributed by atoms with E-state index in [2.05, 4.69) is 23.2 Å². The van der Waals surface area contributed by atoms with E-state index in [0.717, 1.165) is 59.0 Å². The molecule has 46 heavy (non-hydrogen) atoms. The highest BCUT2D eigenvalue weighted by atomic mass is 35.5. The molecule has 6 rings (SSSR count). The van der Waals surface area contributed by atoms with Gasteiger partial charge >= 0.3 is 0 Å². The summed E-state index contributed by atoms with van der Waals surface area (Å²) in [6.45, 7) is 3.79. The lowest BCUT2D eigenvalue weighted by Gasteiger charge is -2.27. The molecule has 0 bridgehead atoms. The van der Waals surface area contributed by atoms with Crippen LogP contribution in [0.5, 0.6) is 11.5 Å². The number of methoxy groups -OCH3 is 2. The molecule has 10 heteroatoms. The standard InChI is InChI=1S/C36H33ClFN5O3/c1-22-5-4-16-43(22)35-30-21-42(20-24-8-13-27(45-2)14-9-24)41-34(30)29(18-39)32(33(35)37)25-10-6-23(7-11-25)19-40-36(44)28-17-26(38)12-15-31(28)46-3/h6-15,17,21-22H,4-5,16,19-20H2,1-3H3,(H,40,44). The molecule has 2 heterocycles. The minimum atomic E-state index is -0.522. The molecule has 4 aromatic carbocycles. The minimum absolute atomic E-state index is 0.118. The smallest absolute Gasteiger partial charge is 0.255 e. The Labute approximate surface area is 271 Å². The molecular weight excluding hydrogens is 605 g/mol. The van der Waals surface area contributed by atoms with Gasteiger partial charge in [0.1, 0.15) is 28.9 Å². The molecule has 0 saturated carbocycles. The predicted molar refractivity (Wildman–Crippen MR) is 177 cm³/mol. The number of nitrogens with zero attached hydrogens (tertiary/aromatic N) is 4. The summed E-state index contributed by atoms with van der Waals surface area (Å²) in [6, 6.07) is 21.9. The van der Waals surface area contributed by atoms with Gasteiger partial charge in [-0.15, -0.1) is 0 Å². The summed E-state index contributed by atoms with van der Waals surface area (Å²) in [5, 5.41) is 19.6. The van der Waals surface area contributed by atoms with Gasteiger partial charge in [-0.2, -0.15) is 10.4 Å². The van der Waals surface area contributed by atoms with E-state index in [9.17, 15) is 14.4 Å². The van der Waals surface area contributed by atoms with Gasteiger partial charge in [-0.1, -0.05) is 48.0 Å². The Morgan fingerprint density at radius 3 is 2.48 bits per heavy atom. The molecular formula is C36H33ClFN5O3. The monoisotopic (exact) mass is 637 g/mol. The van der Waals surface area contributed by atoms with Gasteiger partial charge in [-0.25, -0.2) is 4.39 Å². The molecule has 1 N–H and O–H groups in total. The lowest BCUT2D eigenvalue weighted by Crippen LogP contribution is -2.27. The van der Waals surface area contributed by atoms with E-state index in [1.807, 2.05) is 59.4 Å². The van der Waals surface area contributed by atoms with Crippen LogP contribution < -0.4 is 19.7 Å². The van der Waals surface area contributed by atoms with E-state index in [1.165, 1.54) is 19.2 Å².